The minimum Gasteiger partial charge on any atom is -0.253 e. The van der Waals surface area contributed by atoms with E-state index in [4.69, 9.17) is 0 Å². The zero-order valence-corrected chi connectivity index (χ0v) is 7.20. The smallest absolute Gasteiger partial charge is 0.137 e. The van der Waals surface area contributed by atoms with Crippen LogP contribution in [0.5, 0.6) is 0 Å². The van der Waals surface area contributed by atoms with Crippen LogP contribution in [0.4, 0.5) is 0 Å². The van der Waals surface area contributed by atoms with Gasteiger partial charge in [-0.25, -0.2) is 4.98 Å². The first-order valence-corrected chi connectivity index (χ1v) is 4.15. The van der Waals surface area contributed by atoms with Gasteiger partial charge in [0.1, 0.15) is 12.7 Å². The summed E-state index contributed by atoms with van der Waals surface area (Å²) in [5.41, 5.74) is 0. The van der Waals surface area contributed by atoms with Gasteiger partial charge in [-0.3, -0.25) is 4.68 Å². The maximum absolute atomic E-state index is 4.04. The standard InChI is InChI=1S/C8H15N3/c1-3-4-8(2)5-11-7-9-6-10-11/h6-8H,3-5H2,1-2H3. The molecule has 11 heavy (non-hydrogen) atoms. The molecule has 0 aliphatic carbocycles. The molecule has 1 atom stereocenters. The lowest BCUT2D eigenvalue weighted by molar-refractivity contribution is 0.420. The van der Waals surface area contributed by atoms with E-state index in [2.05, 4.69) is 23.9 Å². The summed E-state index contributed by atoms with van der Waals surface area (Å²) in [6.45, 7) is 5.44. The van der Waals surface area contributed by atoms with Crippen LogP contribution in [0.2, 0.25) is 0 Å². The van der Waals surface area contributed by atoms with Crippen LogP contribution in [-0.2, 0) is 6.54 Å². The summed E-state index contributed by atoms with van der Waals surface area (Å²) in [5, 5.41) is 4.04. The average Bonchev–Trinajstić information content (AvgIpc) is 2.40. The third kappa shape index (κ3) is 2.70. The van der Waals surface area contributed by atoms with Crippen LogP contribution >= 0.6 is 0 Å². The molecule has 0 N–H and O–H groups in total. The zero-order valence-electron chi connectivity index (χ0n) is 7.20. The quantitative estimate of drug-likeness (QED) is 0.659. The van der Waals surface area contributed by atoms with Gasteiger partial charge in [0.15, 0.2) is 0 Å². The van der Waals surface area contributed by atoms with Gasteiger partial charge in [-0.15, -0.1) is 0 Å². The molecule has 0 bridgehead atoms. The Morgan fingerprint density at radius 3 is 2.91 bits per heavy atom. The van der Waals surface area contributed by atoms with Crippen LogP contribution in [0.25, 0.3) is 0 Å². The molecular weight excluding hydrogens is 138 g/mol. The van der Waals surface area contributed by atoms with Gasteiger partial charge in [-0.1, -0.05) is 20.3 Å². The molecule has 62 valence electrons. The van der Waals surface area contributed by atoms with E-state index < -0.39 is 0 Å². The second-order valence-corrected chi connectivity index (χ2v) is 3.01. The first-order chi connectivity index (χ1) is 5.33. The Kier molecular flexibility index (Phi) is 3.08. The maximum Gasteiger partial charge on any atom is 0.137 e. The molecule has 1 unspecified atom stereocenters. The summed E-state index contributed by atoms with van der Waals surface area (Å²) in [7, 11) is 0. The van der Waals surface area contributed by atoms with Gasteiger partial charge in [0, 0.05) is 6.54 Å². The van der Waals surface area contributed by atoms with Crippen LogP contribution in [0.15, 0.2) is 12.7 Å². The Hall–Kier alpha value is -0.860. The predicted octanol–water partition coefficient (Wildman–Crippen LogP) is 1.71. The molecule has 0 aliphatic rings. The van der Waals surface area contributed by atoms with Gasteiger partial charge in [-0.05, 0) is 12.3 Å². The largest absolute Gasteiger partial charge is 0.253 e. The highest BCUT2D eigenvalue weighted by Gasteiger charge is 2.00. The van der Waals surface area contributed by atoms with Crippen LogP contribution in [0.3, 0.4) is 0 Å². The first-order valence-electron chi connectivity index (χ1n) is 4.15. The monoisotopic (exact) mass is 153 g/mol. The molecule has 1 rings (SSSR count). The third-order valence-electron chi connectivity index (χ3n) is 1.75. The second kappa shape index (κ2) is 4.11. The molecule has 3 nitrogen and oxygen atoms in total. The van der Waals surface area contributed by atoms with Crippen molar-refractivity contribution in [3.8, 4) is 0 Å². The van der Waals surface area contributed by atoms with Gasteiger partial charge >= 0.3 is 0 Å². The summed E-state index contributed by atoms with van der Waals surface area (Å²) in [6.07, 6.45) is 5.86. The third-order valence-corrected chi connectivity index (χ3v) is 1.75. The van der Waals surface area contributed by atoms with E-state index in [1.807, 2.05) is 4.68 Å². The van der Waals surface area contributed by atoms with E-state index in [0.29, 0.717) is 5.92 Å². The lowest BCUT2D eigenvalue weighted by Gasteiger charge is -2.08. The van der Waals surface area contributed by atoms with Gasteiger partial charge in [0.25, 0.3) is 0 Å². The highest BCUT2D eigenvalue weighted by Crippen LogP contribution is 2.06. The average molecular weight is 153 g/mol. The van der Waals surface area contributed by atoms with Crippen LogP contribution in [0, 0.1) is 5.92 Å². The fraction of sp³-hybridized carbons (Fsp3) is 0.750. The van der Waals surface area contributed by atoms with E-state index in [-0.39, 0.29) is 0 Å². The van der Waals surface area contributed by atoms with Crippen LogP contribution in [-0.4, -0.2) is 14.8 Å². The topological polar surface area (TPSA) is 30.7 Å². The van der Waals surface area contributed by atoms with E-state index in [0.717, 1.165) is 6.54 Å². The van der Waals surface area contributed by atoms with Gasteiger partial charge in [0.2, 0.25) is 0 Å². The predicted molar refractivity (Wildman–Crippen MR) is 44.1 cm³/mol. The summed E-state index contributed by atoms with van der Waals surface area (Å²) >= 11 is 0. The zero-order chi connectivity index (χ0) is 8.10. The summed E-state index contributed by atoms with van der Waals surface area (Å²) < 4.78 is 1.89. The Morgan fingerprint density at radius 2 is 2.36 bits per heavy atom. The van der Waals surface area contributed by atoms with Crippen molar-refractivity contribution < 1.29 is 0 Å². The molecule has 1 aromatic heterocycles. The van der Waals surface area contributed by atoms with E-state index in [1.54, 1.807) is 12.7 Å². The van der Waals surface area contributed by atoms with E-state index in [1.165, 1.54) is 12.8 Å². The van der Waals surface area contributed by atoms with Crippen molar-refractivity contribution >= 4 is 0 Å². The van der Waals surface area contributed by atoms with E-state index in [9.17, 15) is 0 Å². The summed E-state index contributed by atoms with van der Waals surface area (Å²) in [4.78, 5) is 3.89. The Labute approximate surface area is 67.4 Å². The molecule has 0 radical (unpaired) electrons. The Bertz CT molecular complexity index is 181. The number of nitrogens with zero attached hydrogens (tertiary/aromatic N) is 3. The second-order valence-electron chi connectivity index (χ2n) is 3.01. The van der Waals surface area contributed by atoms with Gasteiger partial charge < -0.3 is 0 Å². The minimum atomic E-state index is 0.710. The number of rotatable bonds is 4. The van der Waals surface area contributed by atoms with Crippen molar-refractivity contribution in [1.29, 1.82) is 0 Å². The van der Waals surface area contributed by atoms with Crippen molar-refractivity contribution in [2.45, 2.75) is 33.2 Å². The fourth-order valence-corrected chi connectivity index (χ4v) is 1.23. The first kappa shape index (κ1) is 8.24. The summed E-state index contributed by atoms with van der Waals surface area (Å²) in [5.74, 6) is 0.710. The Balaban J connectivity index is 2.31. The molecule has 0 amide bonds. The lowest BCUT2D eigenvalue weighted by Crippen LogP contribution is -2.07. The van der Waals surface area contributed by atoms with Crippen molar-refractivity contribution in [2.75, 3.05) is 0 Å². The van der Waals surface area contributed by atoms with Crippen LogP contribution < -0.4 is 0 Å². The summed E-state index contributed by atoms with van der Waals surface area (Å²) in [6, 6.07) is 0. The highest BCUT2D eigenvalue weighted by molar-refractivity contribution is 4.59. The van der Waals surface area contributed by atoms with Crippen molar-refractivity contribution in [3.05, 3.63) is 12.7 Å². The maximum atomic E-state index is 4.04. The molecule has 1 heterocycles. The molecule has 1 aromatic rings. The minimum absolute atomic E-state index is 0.710. The van der Waals surface area contributed by atoms with Gasteiger partial charge in [-0.2, -0.15) is 5.10 Å². The van der Waals surface area contributed by atoms with E-state index >= 15 is 0 Å². The van der Waals surface area contributed by atoms with Gasteiger partial charge in [0.05, 0.1) is 0 Å². The molecule has 0 fully saturated rings. The molecule has 0 aliphatic heterocycles. The SMILES string of the molecule is CCCC(C)Cn1cncn1. The Morgan fingerprint density at radius 1 is 1.55 bits per heavy atom. The van der Waals surface area contributed by atoms with Crippen LogP contribution in [0.1, 0.15) is 26.7 Å². The fourth-order valence-electron chi connectivity index (χ4n) is 1.23. The number of aromatic nitrogens is 3. The van der Waals surface area contributed by atoms with Crippen molar-refractivity contribution in [1.82, 2.24) is 14.8 Å². The molecule has 0 spiro atoms. The lowest BCUT2D eigenvalue weighted by atomic mass is 10.1. The normalized spacial score (nSPS) is 13.3. The molecule has 0 saturated heterocycles. The highest BCUT2D eigenvalue weighted by atomic mass is 15.3. The molecule has 3 heteroatoms. The molecule has 0 aromatic carbocycles. The number of hydrogen-bond acceptors (Lipinski definition) is 2. The molecule has 0 saturated carbocycles. The number of hydrogen-bond donors (Lipinski definition) is 0. The molecular formula is C8H15N3. The van der Waals surface area contributed by atoms with Crippen molar-refractivity contribution in [3.63, 3.8) is 0 Å². The van der Waals surface area contributed by atoms with Crippen molar-refractivity contribution in [2.24, 2.45) is 5.92 Å².